The molecule has 0 saturated heterocycles. The first-order valence-electron chi connectivity index (χ1n) is 7.10. The Morgan fingerprint density at radius 3 is 3.16 bits per heavy atom. The summed E-state index contributed by atoms with van der Waals surface area (Å²) < 4.78 is 1.17. The van der Waals surface area contributed by atoms with Gasteiger partial charge in [-0.15, -0.1) is 0 Å². The molecule has 3 rings (SSSR count). The minimum Gasteiger partial charge on any atom is -0.399 e. The molecule has 1 heterocycles. The standard InChI is InChI=1S/C15H21N3S/c1-10-3-2-4-11(7-10)9-17-15-18-13-6-5-12(16)8-14(13)19-15/h5-6,8,10-11H,2-4,7,9,16H2,1H3,(H,17,18). The summed E-state index contributed by atoms with van der Waals surface area (Å²) >= 11 is 1.70. The molecular formula is C15H21N3S. The van der Waals surface area contributed by atoms with E-state index < -0.39 is 0 Å². The second-order valence-corrected chi connectivity index (χ2v) is 6.80. The van der Waals surface area contributed by atoms with Gasteiger partial charge in [-0.3, -0.25) is 0 Å². The van der Waals surface area contributed by atoms with Crippen LogP contribution >= 0.6 is 11.3 Å². The number of thiazole rings is 1. The third kappa shape index (κ3) is 3.00. The number of nitrogens with zero attached hydrogens (tertiary/aromatic N) is 1. The fourth-order valence-corrected chi connectivity index (χ4v) is 3.91. The zero-order chi connectivity index (χ0) is 13.2. The van der Waals surface area contributed by atoms with Crippen molar-refractivity contribution in [1.29, 1.82) is 0 Å². The molecule has 3 nitrogen and oxygen atoms in total. The van der Waals surface area contributed by atoms with E-state index in [9.17, 15) is 0 Å². The normalized spacial score (nSPS) is 23.6. The van der Waals surface area contributed by atoms with Crippen LogP contribution in [-0.4, -0.2) is 11.5 Å². The summed E-state index contributed by atoms with van der Waals surface area (Å²) in [5.41, 5.74) is 7.65. The Labute approximate surface area is 118 Å². The fraction of sp³-hybridized carbons (Fsp3) is 0.533. The van der Waals surface area contributed by atoms with Crippen LogP contribution in [0.5, 0.6) is 0 Å². The molecule has 1 aromatic heterocycles. The predicted molar refractivity (Wildman–Crippen MR) is 83.6 cm³/mol. The number of benzene rings is 1. The second-order valence-electron chi connectivity index (χ2n) is 5.76. The summed E-state index contributed by atoms with van der Waals surface area (Å²) in [5, 5.41) is 4.54. The van der Waals surface area contributed by atoms with Gasteiger partial charge in [-0.05, 0) is 42.9 Å². The molecule has 1 fully saturated rings. The summed E-state index contributed by atoms with van der Waals surface area (Å²) in [6.45, 7) is 3.42. The Bertz CT molecular complexity index is 564. The molecule has 1 saturated carbocycles. The molecule has 1 aromatic carbocycles. The number of hydrogen-bond donors (Lipinski definition) is 2. The van der Waals surface area contributed by atoms with Gasteiger partial charge >= 0.3 is 0 Å². The maximum atomic E-state index is 5.80. The molecular weight excluding hydrogens is 254 g/mol. The number of anilines is 2. The van der Waals surface area contributed by atoms with Crippen molar-refractivity contribution in [3.05, 3.63) is 18.2 Å². The Balaban J connectivity index is 1.65. The summed E-state index contributed by atoms with van der Waals surface area (Å²) in [7, 11) is 0. The summed E-state index contributed by atoms with van der Waals surface area (Å²) in [6.07, 6.45) is 5.49. The van der Waals surface area contributed by atoms with Gasteiger partial charge in [0.05, 0.1) is 10.2 Å². The lowest BCUT2D eigenvalue weighted by Gasteiger charge is -2.26. The molecule has 2 unspecified atom stereocenters. The van der Waals surface area contributed by atoms with Crippen molar-refractivity contribution < 1.29 is 0 Å². The number of aromatic nitrogens is 1. The van der Waals surface area contributed by atoms with Gasteiger partial charge in [-0.25, -0.2) is 4.98 Å². The van der Waals surface area contributed by atoms with Crippen molar-refractivity contribution in [3.63, 3.8) is 0 Å². The number of rotatable bonds is 3. The fourth-order valence-electron chi connectivity index (χ4n) is 2.99. The average molecular weight is 275 g/mol. The molecule has 1 aliphatic carbocycles. The first-order valence-corrected chi connectivity index (χ1v) is 7.92. The number of fused-ring (bicyclic) bond motifs is 1. The number of nitrogens with one attached hydrogen (secondary N) is 1. The van der Waals surface area contributed by atoms with E-state index in [0.717, 1.165) is 34.7 Å². The van der Waals surface area contributed by atoms with Crippen LogP contribution in [-0.2, 0) is 0 Å². The van der Waals surface area contributed by atoms with E-state index in [1.54, 1.807) is 11.3 Å². The lowest BCUT2D eigenvalue weighted by molar-refractivity contribution is 0.293. The Hall–Kier alpha value is -1.29. The van der Waals surface area contributed by atoms with Crippen LogP contribution in [0.25, 0.3) is 10.2 Å². The number of nitrogen functional groups attached to an aromatic ring is 1. The number of hydrogen-bond acceptors (Lipinski definition) is 4. The molecule has 102 valence electrons. The van der Waals surface area contributed by atoms with Crippen LogP contribution in [0.2, 0.25) is 0 Å². The zero-order valence-electron chi connectivity index (χ0n) is 11.4. The highest BCUT2D eigenvalue weighted by atomic mass is 32.1. The van der Waals surface area contributed by atoms with Crippen molar-refractivity contribution in [2.24, 2.45) is 11.8 Å². The van der Waals surface area contributed by atoms with Crippen LogP contribution in [0, 0.1) is 11.8 Å². The van der Waals surface area contributed by atoms with Gasteiger partial charge in [0.25, 0.3) is 0 Å². The lowest BCUT2D eigenvalue weighted by atomic mass is 9.82. The van der Waals surface area contributed by atoms with Crippen molar-refractivity contribution >= 4 is 32.4 Å². The Morgan fingerprint density at radius 2 is 2.32 bits per heavy atom. The molecule has 0 spiro atoms. The molecule has 1 aliphatic rings. The average Bonchev–Trinajstić information content (AvgIpc) is 2.78. The van der Waals surface area contributed by atoms with E-state index >= 15 is 0 Å². The second kappa shape index (κ2) is 5.37. The van der Waals surface area contributed by atoms with Gasteiger partial charge in [-0.2, -0.15) is 0 Å². The molecule has 4 heteroatoms. The van der Waals surface area contributed by atoms with E-state index in [4.69, 9.17) is 5.73 Å². The van der Waals surface area contributed by atoms with Gasteiger partial charge in [-0.1, -0.05) is 31.1 Å². The van der Waals surface area contributed by atoms with Crippen LogP contribution in [0.1, 0.15) is 32.6 Å². The van der Waals surface area contributed by atoms with E-state index in [0.29, 0.717) is 0 Å². The molecule has 0 amide bonds. The molecule has 0 bridgehead atoms. The van der Waals surface area contributed by atoms with Gasteiger partial charge in [0.2, 0.25) is 0 Å². The maximum absolute atomic E-state index is 5.80. The Kier molecular flexibility index (Phi) is 3.60. The van der Waals surface area contributed by atoms with E-state index in [1.807, 2.05) is 18.2 Å². The van der Waals surface area contributed by atoms with Gasteiger partial charge in [0.15, 0.2) is 5.13 Å². The SMILES string of the molecule is CC1CCCC(CNc2nc3ccc(N)cc3s2)C1. The maximum Gasteiger partial charge on any atom is 0.183 e. The largest absolute Gasteiger partial charge is 0.399 e. The van der Waals surface area contributed by atoms with Crippen LogP contribution in [0.4, 0.5) is 10.8 Å². The molecule has 3 N–H and O–H groups in total. The zero-order valence-corrected chi connectivity index (χ0v) is 12.2. The molecule has 2 aromatic rings. The third-order valence-electron chi connectivity index (χ3n) is 4.00. The summed E-state index contributed by atoms with van der Waals surface area (Å²) in [6, 6.07) is 5.91. The third-order valence-corrected chi connectivity index (χ3v) is 4.98. The monoisotopic (exact) mass is 275 g/mol. The molecule has 2 atom stereocenters. The van der Waals surface area contributed by atoms with Gasteiger partial charge in [0, 0.05) is 12.2 Å². The highest BCUT2D eigenvalue weighted by Crippen LogP contribution is 2.31. The molecule has 19 heavy (non-hydrogen) atoms. The highest BCUT2D eigenvalue weighted by molar-refractivity contribution is 7.22. The summed E-state index contributed by atoms with van der Waals surface area (Å²) in [4.78, 5) is 4.61. The van der Waals surface area contributed by atoms with E-state index in [1.165, 1.54) is 30.4 Å². The minimum absolute atomic E-state index is 0.806. The highest BCUT2D eigenvalue weighted by Gasteiger charge is 2.18. The van der Waals surface area contributed by atoms with Crippen molar-refractivity contribution in [3.8, 4) is 0 Å². The molecule has 0 aliphatic heterocycles. The van der Waals surface area contributed by atoms with Gasteiger partial charge < -0.3 is 11.1 Å². The topological polar surface area (TPSA) is 50.9 Å². The Morgan fingerprint density at radius 1 is 1.42 bits per heavy atom. The quantitative estimate of drug-likeness (QED) is 0.829. The smallest absolute Gasteiger partial charge is 0.183 e. The van der Waals surface area contributed by atoms with Crippen molar-refractivity contribution in [2.45, 2.75) is 32.6 Å². The van der Waals surface area contributed by atoms with Crippen LogP contribution in [0.15, 0.2) is 18.2 Å². The van der Waals surface area contributed by atoms with Crippen molar-refractivity contribution in [1.82, 2.24) is 4.98 Å². The van der Waals surface area contributed by atoms with Crippen LogP contribution in [0.3, 0.4) is 0 Å². The first kappa shape index (κ1) is 12.7. The lowest BCUT2D eigenvalue weighted by Crippen LogP contribution is -2.20. The van der Waals surface area contributed by atoms with E-state index in [2.05, 4.69) is 17.2 Å². The first-order chi connectivity index (χ1) is 9.20. The number of nitrogens with two attached hydrogens (primary N) is 1. The minimum atomic E-state index is 0.806. The van der Waals surface area contributed by atoms with E-state index in [-0.39, 0.29) is 0 Å². The molecule has 0 radical (unpaired) electrons. The summed E-state index contributed by atoms with van der Waals surface area (Å²) in [5.74, 6) is 1.69. The predicted octanol–water partition coefficient (Wildman–Crippen LogP) is 4.12. The van der Waals surface area contributed by atoms with Crippen molar-refractivity contribution in [2.75, 3.05) is 17.6 Å². The van der Waals surface area contributed by atoms with Crippen LogP contribution < -0.4 is 11.1 Å². The van der Waals surface area contributed by atoms with Gasteiger partial charge in [0.1, 0.15) is 0 Å².